The Kier molecular flexibility index (Phi) is 5.95. The van der Waals surface area contributed by atoms with Crippen molar-refractivity contribution in [1.82, 2.24) is 0 Å². The molecule has 2 aromatic rings. The van der Waals surface area contributed by atoms with Crippen LogP contribution >= 0.6 is 23.2 Å². The number of aryl methyl sites for hydroxylation is 1. The number of nitrogens with zero attached hydrogens (tertiary/aromatic N) is 1. The third kappa shape index (κ3) is 4.91. The standard InChI is InChI=1S/C16H12Cl2N2O5/c1-9-2-5-13(14(6-9)20(23)24)19-15(21)8-25-16(22)10-3-4-11(17)12(18)7-10/h2-7H,8H2,1H3,(H,19,21). The number of nitro groups is 1. The largest absolute Gasteiger partial charge is 0.452 e. The minimum absolute atomic E-state index is 0.0196. The molecule has 0 bridgehead atoms. The van der Waals surface area contributed by atoms with E-state index in [4.69, 9.17) is 27.9 Å². The topological polar surface area (TPSA) is 98.5 Å². The summed E-state index contributed by atoms with van der Waals surface area (Å²) in [6, 6.07) is 8.50. The van der Waals surface area contributed by atoms with Gasteiger partial charge in [0, 0.05) is 6.07 Å². The van der Waals surface area contributed by atoms with Crippen LogP contribution in [0, 0.1) is 17.0 Å². The molecule has 1 N–H and O–H groups in total. The fourth-order valence-electron chi connectivity index (χ4n) is 1.92. The molecule has 2 rings (SSSR count). The van der Waals surface area contributed by atoms with Crippen molar-refractivity contribution < 1.29 is 19.2 Å². The third-order valence-electron chi connectivity index (χ3n) is 3.11. The summed E-state index contributed by atoms with van der Waals surface area (Å²) < 4.78 is 4.86. The second kappa shape index (κ2) is 7.96. The molecule has 0 atom stereocenters. The minimum atomic E-state index is -0.771. The van der Waals surface area contributed by atoms with Gasteiger partial charge in [0.25, 0.3) is 11.6 Å². The van der Waals surface area contributed by atoms with E-state index in [2.05, 4.69) is 5.32 Å². The average molecular weight is 383 g/mol. The first-order valence-corrected chi connectivity index (χ1v) is 7.70. The van der Waals surface area contributed by atoms with E-state index in [-0.39, 0.29) is 27.0 Å². The Bertz CT molecular complexity index is 854. The molecular weight excluding hydrogens is 371 g/mol. The minimum Gasteiger partial charge on any atom is -0.452 e. The van der Waals surface area contributed by atoms with Gasteiger partial charge in [0.15, 0.2) is 6.61 Å². The number of amides is 1. The van der Waals surface area contributed by atoms with Gasteiger partial charge in [-0.2, -0.15) is 0 Å². The third-order valence-corrected chi connectivity index (χ3v) is 3.85. The molecule has 0 aliphatic rings. The molecule has 2 aromatic carbocycles. The maximum Gasteiger partial charge on any atom is 0.338 e. The van der Waals surface area contributed by atoms with E-state index in [1.165, 1.54) is 30.3 Å². The highest BCUT2D eigenvalue weighted by molar-refractivity contribution is 6.42. The van der Waals surface area contributed by atoms with Crippen molar-refractivity contribution in [1.29, 1.82) is 0 Å². The second-order valence-corrected chi connectivity index (χ2v) is 5.85. The first kappa shape index (κ1) is 18.7. The highest BCUT2D eigenvalue weighted by Gasteiger charge is 2.17. The Morgan fingerprint density at radius 3 is 2.52 bits per heavy atom. The molecule has 9 heteroatoms. The number of rotatable bonds is 5. The lowest BCUT2D eigenvalue weighted by Gasteiger charge is -2.08. The maximum atomic E-state index is 11.9. The number of carbonyl (C=O) groups is 2. The van der Waals surface area contributed by atoms with Crippen LogP contribution in [0.1, 0.15) is 15.9 Å². The lowest BCUT2D eigenvalue weighted by Crippen LogP contribution is -2.21. The first-order valence-electron chi connectivity index (χ1n) is 6.95. The van der Waals surface area contributed by atoms with Crippen LogP contribution in [0.25, 0.3) is 0 Å². The Balaban J connectivity index is 2.00. The Labute approximate surface area is 152 Å². The molecule has 0 heterocycles. The van der Waals surface area contributed by atoms with Gasteiger partial charge in [-0.3, -0.25) is 14.9 Å². The molecule has 130 valence electrons. The molecule has 25 heavy (non-hydrogen) atoms. The zero-order valence-electron chi connectivity index (χ0n) is 12.9. The predicted molar refractivity (Wildman–Crippen MR) is 93.2 cm³/mol. The number of ether oxygens (including phenoxy) is 1. The average Bonchev–Trinajstić information content (AvgIpc) is 2.56. The molecule has 0 saturated heterocycles. The highest BCUT2D eigenvalue weighted by Crippen LogP contribution is 2.25. The van der Waals surface area contributed by atoms with Gasteiger partial charge >= 0.3 is 5.97 Å². The lowest BCUT2D eigenvalue weighted by molar-refractivity contribution is -0.384. The molecule has 0 aliphatic carbocycles. The highest BCUT2D eigenvalue weighted by atomic mass is 35.5. The van der Waals surface area contributed by atoms with Crippen molar-refractivity contribution in [3.8, 4) is 0 Å². The smallest absolute Gasteiger partial charge is 0.338 e. The van der Waals surface area contributed by atoms with E-state index in [1.54, 1.807) is 13.0 Å². The van der Waals surface area contributed by atoms with Crippen molar-refractivity contribution in [2.24, 2.45) is 0 Å². The van der Waals surface area contributed by atoms with Crippen molar-refractivity contribution in [3.05, 3.63) is 67.7 Å². The van der Waals surface area contributed by atoms with E-state index in [1.807, 2.05) is 0 Å². The van der Waals surface area contributed by atoms with Gasteiger partial charge in [0.1, 0.15) is 5.69 Å². The van der Waals surface area contributed by atoms with E-state index < -0.39 is 23.4 Å². The lowest BCUT2D eigenvalue weighted by atomic mass is 10.2. The van der Waals surface area contributed by atoms with Crippen LogP contribution in [-0.4, -0.2) is 23.4 Å². The summed E-state index contributed by atoms with van der Waals surface area (Å²) in [6.45, 7) is 1.09. The van der Waals surface area contributed by atoms with Gasteiger partial charge < -0.3 is 10.1 Å². The number of halogens is 2. The maximum absolute atomic E-state index is 11.9. The molecule has 0 spiro atoms. The summed E-state index contributed by atoms with van der Waals surface area (Å²) in [6.07, 6.45) is 0. The molecule has 0 aromatic heterocycles. The quantitative estimate of drug-likeness (QED) is 0.478. The fourth-order valence-corrected chi connectivity index (χ4v) is 2.22. The normalized spacial score (nSPS) is 10.2. The number of nitro benzene ring substituents is 1. The second-order valence-electron chi connectivity index (χ2n) is 5.03. The first-order chi connectivity index (χ1) is 11.8. The molecule has 0 radical (unpaired) electrons. The number of hydrogen-bond acceptors (Lipinski definition) is 5. The fraction of sp³-hybridized carbons (Fsp3) is 0.125. The SMILES string of the molecule is Cc1ccc(NC(=O)COC(=O)c2ccc(Cl)c(Cl)c2)c([N+](=O)[O-])c1. The van der Waals surface area contributed by atoms with Crippen LogP contribution in [0.15, 0.2) is 36.4 Å². The summed E-state index contributed by atoms with van der Waals surface area (Å²) in [7, 11) is 0. The molecule has 7 nitrogen and oxygen atoms in total. The predicted octanol–water partition coefficient (Wildman–Crippen LogP) is 4.01. The van der Waals surface area contributed by atoms with E-state index in [0.717, 1.165) is 0 Å². The number of carbonyl (C=O) groups excluding carboxylic acids is 2. The molecule has 0 fully saturated rings. The number of esters is 1. The number of anilines is 1. The monoisotopic (exact) mass is 382 g/mol. The van der Waals surface area contributed by atoms with Crippen LogP contribution in [0.5, 0.6) is 0 Å². The van der Waals surface area contributed by atoms with Gasteiger partial charge in [-0.1, -0.05) is 29.3 Å². The molecule has 0 unspecified atom stereocenters. The zero-order valence-corrected chi connectivity index (χ0v) is 14.4. The number of nitrogens with one attached hydrogen (secondary N) is 1. The molecular formula is C16H12Cl2N2O5. The molecule has 0 saturated carbocycles. The summed E-state index contributed by atoms with van der Waals surface area (Å²) in [5.74, 6) is -1.48. The van der Waals surface area contributed by atoms with Crippen LogP contribution in [-0.2, 0) is 9.53 Å². The zero-order chi connectivity index (χ0) is 18.6. The van der Waals surface area contributed by atoms with Gasteiger partial charge in [-0.15, -0.1) is 0 Å². The summed E-state index contributed by atoms with van der Waals surface area (Å²) >= 11 is 11.6. The van der Waals surface area contributed by atoms with Crippen LogP contribution in [0.2, 0.25) is 10.0 Å². The Morgan fingerprint density at radius 1 is 1.16 bits per heavy atom. The van der Waals surface area contributed by atoms with Gasteiger partial charge in [0.05, 0.1) is 20.5 Å². The number of hydrogen-bond donors (Lipinski definition) is 1. The Hall–Kier alpha value is -2.64. The van der Waals surface area contributed by atoms with Crippen molar-refractivity contribution in [2.75, 3.05) is 11.9 Å². The summed E-state index contributed by atoms with van der Waals surface area (Å²) in [5.41, 5.74) is 0.578. The van der Waals surface area contributed by atoms with Crippen molar-refractivity contribution in [2.45, 2.75) is 6.92 Å². The van der Waals surface area contributed by atoms with E-state index >= 15 is 0 Å². The van der Waals surface area contributed by atoms with Crippen molar-refractivity contribution >= 4 is 46.5 Å². The van der Waals surface area contributed by atoms with Crippen LogP contribution in [0.4, 0.5) is 11.4 Å². The van der Waals surface area contributed by atoms with Crippen LogP contribution < -0.4 is 5.32 Å². The number of benzene rings is 2. The van der Waals surface area contributed by atoms with Gasteiger partial charge in [0.2, 0.25) is 0 Å². The summed E-state index contributed by atoms with van der Waals surface area (Å²) in [4.78, 5) is 34.1. The molecule has 0 aliphatic heterocycles. The van der Waals surface area contributed by atoms with E-state index in [0.29, 0.717) is 5.56 Å². The van der Waals surface area contributed by atoms with Crippen LogP contribution in [0.3, 0.4) is 0 Å². The molecule has 1 amide bonds. The Morgan fingerprint density at radius 2 is 1.88 bits per heavy atom. The summed E-state index contributed by atoms with van der Waals surface area (Å²) in [5, 5.41) is 13.8. The van der Waals surface area contributed by atoms with Gasteiger partial charge in [-0.25, -0.2) is 4.79 Å². The van der Waals surface area contributed by atoms with E-state index in [9.17, 15) is 19.7 Å². The van der Waals surface area contributed by atoms with Crippen molar-refractivity contribution in [3.63, 3.8) is 0 Å². The van der Waals surface area contributed by atoms with Gasteiger partial charge in [-0.05, 0) is 36.8 Å².